The van der Waals surface area contributed by atoms with Crippen molar-refractivity contribution in [2.45, 2.75) is 69.9 Å². The molecule has 0 spiro atoms. The maximum Gasteiger partial charge on any atom is 0.315 e. The zero-order chi connectivity index (χ0) is 17.7. The molecule has 0 bridgehead atoms. The van der Waals surface area contributed by atoms with Crippen LogP contribution >= 0.6 is 0 Å². The summed E-state index contributed by atoms with van der Waals surface area (Å²) in [7, 11) is 1.78. The monoisotopic (exact) mass is 349 g/mol. The molecule has 2 fully saturated rings. The van der Waals surface area contributed by atoms with Crippen molar-refractivity contribution in [2.75, 3.05) is 19.6 Å². The van der Waals surface area contributed by atoms with Gasteiger partial charge in [0.1, 0.15) is 0 Å². The minimum Gasteiger partial charge on any atom is -0.336 e. The molecule has 2 heterocycles. The van der Waals surface area contributed by atoms with Gasteiger partial charge in [0.2, 0.25) is 0 Å². The van der Waals surface area contributed by atoms with E-state index < -0.39 is 0 Å². The van der Waals surface area contributed by atoms with E-state index in [0.29, 0.717) is 5.82 Å². The number of rotatable bonds is 5. The first-order valence-corrected chi connectivity index (χ1v) is 9.62. The zero-order valence-corrected chi connectivity index (χ0v) is 15.5. The first-order chi connectivity index (χ1) is 12.1. The molecule has 0 aromatic carbocycles. The largest absolute Gasteiger partial charge is 0.336 e. The van der Waals surface area contributed by atoms with Crippen LogP contribution in [0, 0.1) is 0 Å². The highest BCUT2D eigenvalue weighted by Gasteiger charge is 2.38. The fraction of sp³-hybridized carbons (Fsp3) is 0.882. The Morgan fingerprint density at radius 3 is 2.48 bits per heavy atom. The lowest BCUT2D eigenvalue weighted by atomic mass is 9.79. The quantitative estimate of drug-likeness (QED) is 0.846. The molecule has 2 aliphatic rings. The van der Waals surface area contributed by atoms with Gasteiger partial charge in [0.15, 0.2) is 5.82 Å². The molecule has 1 saturated carbocycles. The van der Waals surface area contributed by atoms with E-state index >= 15 is 0 Å². The maximum atomic E-state index is 12.4. The lowest BCUT2D eigenvalue weighted by Crippen LogP contribution is -2.59. The van der Waals surface area contributed by atoms with Crippen LogP contribution < -0.4 is 10.6 Å². The van der Waals surface area contributed by atoms with Gasteiger partial charge < -0.3 is 10.6 Å². The Morgan fingerprint density at radius 2 is 1.84 bits per heavy atom. The fourth-order valence-electron chi connectivity index (χ4n) is 4.34. The molecular formula is C17H31N7O. The minimum atomic E-state index is -0.225. The van der Waals surface area contributed by atoms with Crippen LogP contribution in [0.1, 0.15) is 70.2 Å². The van der Waals surface area contributed by atoms with Gasteiger partial charge >= 0.3 is 6.03 Å². The number of aromatic nitrogens is 4. The molecule has 1 aliphatic carbocycles. The van der Waals surface area contributed by atoms with Gasteiger partial charge in [-0.1, -0.05) is 25.7 Å². The summed E-state index contributed by atoms with van der Waals surface area (Å²) in [5.41, 5.74) is 0.144. The van der Waals surface area contributed by atoms with Crippen molar-refractivity contribution in [1.29, 1.82) is 0 Å². The first kappa shape index (κ1) is 18.1. The van der Waals surface area contributed by atoms with Crippen LogP contribution in [-0.4, -0.2) is 56.3 Å². The summed E-state index contributed by atoms with van der Waals surface area (Å²) in [6.45, 7) is 4.96. The van der Waals surface area contributed by atoms with Gasteiger partial charge in [0, 0.05) is 19.1 Å². The van der Waals surface area contributed by atoms with Gasteiger partial charge in [0.25, 0.3) is 0 Å². The third-order valence-corrected chi connectivity index (χ3v) is 5.78. The standard InChI is InChI=1S/C17H31N7O/c1-14(15-20-21-22-23(15)2)19-16(25)18-13-17(9-5-3-6-10-17)24-11-7-4-8-12-24/h14H,3-13H2,1-2H3,(H2,18,19,25). The predicted molar refractivity (Wildman–Crippen MR) is 95.0 cm³/mol. The van der Waals surface area contributed by atoms with Crippen molar-refractivity contribution in [3.8, 4) is 0 Å². The van der Waals surface area contributed by atoms with E-state index in [1.807, 2.05) is 6.92 Å². The van der Waals surface area contributed by atoms with Crippen LogP contribution in [0.2, 0.25) is 0 Å². The van der Waals surface area contributed by atoms with Crippen molar-refractivity contribution < 1.29 is 4.79 Å². The number of likely N-dealkylation sites (tertiary alicyclic amines) is 1. The Balaban J connectivity index is 1.57. The Morgan fingerprint density at radius 1 is 1.16 bits per heavy atom. The number of carbonyl (C=O) groups is 1. The van der Waals surface area contributed by atoms with Crippen molar-refractivity contribution in [2.24, 2.45) is 7.05 Å². The van der Waals surface area contributed by atoms with Crippen molar-refractivity contribution in [3.05, 3.63) is 5.82 Å². The third-order valence-electron chi connectivity index (χ3n) is 5.78. The lowest BCUT2D eigenvalue weighted by molar-refractivity contribution is 0.0354. The number of nitrogens with one attached hydrogen (secondary N) is 2. The van der Waals surface area contributed by atoms with Gasteiger partial charge in [-0.3, -0.25) is 4.90 Å². The summed E-state index contributed by atoms with van der Waals surface area (Å²) in [5, 5.41) is 17.5. The Bertz CT molecular complexity index is 561. The van der Waals surface area contributed by atoms with Crippen LogP contribution in [0.5, 0.6) is 0 Å². The highest BCUT2D eigenvalue weighted by atomic mass is 16.2. The van der Waals surface area contributed by atoms with Gasteiger partial charge in [-0.05, 0) is 56.1 Å². The van der Waals surface area contributed by atoms with Gasteiger partial charge in [-0.25, -0.2) is 9.48 Å². The molecule has 1 aromatic rings. The number of carbonyl (C=O) groups excluding carboxylic acids is 1. The predicted octanol–water partition coefficient (Wildman–Crippen LogP) is 1.76. The van der Waals surface area contributed by atoms with E-state index in [1.54, 1.807) is 11.7 Å². The zero-order valence-electron chi connectivity index (χ0n) is 15.5. The lowest BCUT2D eigenvalue weighted by Gasteiger charge is -2.48. The number of nitrogens with zero attached hydrogens (tertiary/aromatic N) is 5. The van der Waals surface area contributed by atoms with Crippen LogP contribution in [0.15, 0.2) is 0 Å². The highest BCUT2D eigenvalue weighted by Crippen LogP contribution is 2.35. The molecule has 1 unspecified atom stereocenters. The van der Waals surface area contributed by atoms with Crippen molar-refractivity contribution >= 4 is 6.03 Å². The molecule has 140 valence electrons. The molecule has 1 aliphatic heterocycles. The van der Waals surface area contributed by atoms with E-state index in [4.69, 9.17) is 0 Å². The molecular weight excluding hydrogens is 318 g/mol. The summed E-state index contributed by atoms with van der Waals surface area (Å²) < 4.78 is 1.58. The molecule has 25 heavy (non-hydrogen) atoms. The van der Waals surface area contributed by atoms with Gasteiger partial charge in [-0.2, -0.15) is 0 Å². The molecule has 1 aromatic heterocycles. The normalized spacial score (nSPS) is 22.3. The molecule has 2 N–H and O–H groups in total. The van der Waals surface area contributed by atoms with Crippen molar-refractivity contribution in [3.63, 3.8) is 0 Å². The van der Waals surface area contributed by atoms with E-state index in [2.05, 4.69) is 31.1 Å². The summed E-state index contributed by atoms with van der Waals surface area (Å²) in [6, 6.07) is -0.366. The van der Waals surface area contributed by atoms with E-state index in [1.165, 1.54) is 64.5 Å². The van der Waals surface area contributed by atoms with Crippen LogP contribution in [0.4, 0.5) is 4.79 Å². The maximum absolute atomic E-state index is 12.4. The number of hydrogen-bond donors (Lipinski definition) is 2. The van der Waals surface area contributed by atoms with Crippen LogP contribution in [0.25, 0.3) is 0 Å². The summed E-state index contributed by atoms with van der Waals surface area (Å²) in [5.74, 6) is 0.651. The van der Waals surface area contributed by atoms with E-state index in [9.17, 15) is 4.79 Å². The summed E-state index contributed by atoms with van der Waals surface area (Å²) in [4.78, 5) is 15.1. The average Bonchev–Trinajstić information content (AvgIpc) is 3.08. The Kier molecular flexibility index (Phi) is 5.88. The molecule has 2 amide bonds. The second-order valence-corrected chi connectivity index (χ2v) is 7.54. The minimum absolute atomic E-state index is 0.141. The van der Waals surface area contributed by atoms with Crippen LogP contribution in [0.3, 0.4) is 0 Å². The molecule has 3 rings (SSSR count). The Hall–Kier alpha value is -1.70. The number of urea groups is 1. The molecule has 1 saturated heterocycles. The first-order valence-electron chi connectivity index (χ1n) is 9.62. The Labute approximate surface area is 149 Å². The fourth-order valence-corrected chi connectivity index (χ4v) is 4.34. The smallest absolute Gasteiger partial charge is 0.315 e. The topological polar surface area (TPSA) is 88.0 Å². The molecule has 1 atom stereocenters. The number of piperidine rings is 1. The van der Waals surface area contributed by atoms with E-state index in [-0.39, 0.29) is 17.6 Å². The van der Waals surface area contributed by atoms with Crippen LogP contribution in [-0.2, 0) is 7.05 Å². The summed E-state index contributed by atoms with van der Waals surface area (Å²) in [6.07, 6.45) is 10.1. The second-order valence-electron chi connectivity index (χ2n) is 7.54. The molecule has 8 heteroatoms. The van der Waals surface area contributed by atoms with E-state index in [0.717, 1.165) is 6.54 Å². The van der Waals surface area contributed by atoms with Gasteiger partial charge in [0.05, 0.1) is 6.04 Å². The number of aryl methyl sites for hydroxylation is 1. The number of amides is 2. The second kappa shape index (κ2) is 8.12. The average molecular weight is 349 g/mol. The number of tetrazole rings is 1. The third kappa shape index (κ3) is 4.29. The van der Waals surface area contributed by atoms with Crippen molar-refractivity contribution in [1.82, 2.24) is 35.7 Å². The van der Waals surface area contributed by atoms with Gasteiger partial charge in [-0.15, -0.1) is 5.10 Å². The summed E-state index contributed by atoms with van der Waals surface area (Å²) >= 11 is 0. The molecule has 0 radical (unpaired) electrons. The number of hydrogen-bond acceptors (Lipinski definition) is 5. The SMILES string of the molecule is CC(NC(=O)NCC1(N2CCCCC2)CCCCC1)c1nnnn1C. The molecule has 8 nitrogen and oxygen atoms in total. The highest BCUT2D eigenvalue weighted by molar-refractivity contribution is 5.74.